The van der Waals surface area contributed by atoms with Crippen molar-refractivity contribution in [2.75, 3.05) is 38.2 Å². The molecule has 0 unspecified atom stereocenters. The van der Waals surface area contributed by atoms with Gasteiger partial charge in [0.05, 0.1) is 28.4 Å². The third kappa shape index (κ3) is 8.60. The lowest BCUT2D eigenvalue weighted by Gasteiger charge is -2.25. The molecule has 0 bridgehead atoms. The van der Waals surface area contributed by atoms with Crippen LogP contribution in [0.5, 0.6) is 23.0 Å². The second-order valence-electron chi connectivity index (χ2n) is 13.8. The summed E-state index contributed by atoms with van der Waals surface area (Å²) in [5.41, 5.74) is 11.8. The maximum Gasteiger partial charge on any atom is 0.119 e. The maximum absolute atomic E-state index is 5.42. The van der Waals surface area contributed by atoms with E-state index >= 15 is 0 Å². The molecule has 0 fully saturated rings. The van der Waals surface area contributed by atoms with Crippen LogP contribution >= 0.6 is 0 Å². The van der Waals surface area contributed by atoms with Crippen molar-refractivity contribution in [3.05, 3.63) is 204 Å². The van der Waals surface area contributed by atoms with Crippen LogP contribution in [0, 0.1) is 23.7 Å². The minimum atomic E-state index is 0.801. The second-order valence-corrected chi connectivity index (χ2v) is 13.8. The van der Waals surface area contributed by atoms with E-state index in [0.717, 1.165) is 90.5 Å². The van der Waals surface area contributed by atoms with Crippen LogP contribution in [0.1, 0.15) is 22.3 Å². The van der Waals surface area contributed by atoms with Crippen molar-refractivity contribution in [3.8, 4) is 57.8 Å². The Morgan fingerprint density at radius 1 is 0.300 bits per heavy atom. The number of anilines is 6. The molecule has 2 aliphatic carbocycles. The molecule has 2 aliphatic rings. The van der Waals surface area contributed by atoms with E-state index in [0.29, 0.717) is 0 Å². The molecule has 60 heavy (non-hydrogen) atoms. The predicted octanol–water partition coefficient (Wildman–Crippen LogP) is 12.6. The van der Waals surface area contributed by atoms with Gasteiger partial charge in [-0.25, -0.2) is 0 Å². The van der Waals surface area contributed by atoms with Crippen LogP contribution in [0.2, 0.25) is 0 Å². The van der Waals surface area contributed by atoms with Gasteiger partial charge in [-0.1, -0.05) is 54.0 Å². The zero-order chi connectivity index (χ0) is 41.3. The molecule has 0 N–H and O–H groups in total. The molecule has 0 aliphatic heterocycles. The number of ether oxygens (including phenoxy) is 4. The third-order valence-electron chi connectivity index (χ3n) is 10.2. The molecule has 8 rings (SSSR count). The van der Waals surface area contributed by atoms with Gasteiger partial charge in [0, 0.05) is 56.4 Å². The van der Waals surface area contributed by atoms with Crippen LogP contribution in [-0.2, 0) is 0 Å². The molecule has 0 amide bonds. The molecule has 0 heterocycles. The first-order valence-electron chi connectivity index (χ1n) is 19.5. The standard InChI is InChI=1S/C54H42N2O4/c1-57-49-30-22-45(23-31-49)55(46-24-32-50(58-2)33-25-46)43-18-12-39(13-19-43)10-16-41-38-42(54-9-7-5-6-8-53(41)54)17-11-40-14-20-44(21-15-40)56(47-26-34-51(59-3)35-27-47)48-28-36-52(60-4)37-29-48/h5-9,12-15,18-38H,1-4H3. The van der Waals surface area contributed by atoms with Crippen LogP contribution < -0.4 is 28.7 Å². The van der Waals surface area contributed by atoms with Crippen molar-refractivity contribution in [3.63, 3.8) is 0 Å². The Hall–Kier alpha value is -8.06. The van der Waals surface area contributed by atoms with Gasteiger partial charge in [-0.3, -0.25) is 0 Å². The zero-order valence-corrected chi connectivity index (χ0v) is 33.8. The van der Waals surface area contributed by atoms with Gasteiger partial charge in [0.2, 0.25) is 0 Å². The van der Waals surface area contributed by atoms with E-state index in [4.69, 9.17) is 18.9 Å². The highest BCUT2D eigenvalue weighted by Crippen LogP contribution is 2.38. The van der Waals surface area contributed by atoms with Gasteiger partial charge in [-0.05, 0) is 163 Å². The molecule has 6 aromatic carbocycles. The SMILES string of the molecule is COc1ccc(N(c2ccc(C#Cc3cc(C#Cc4ccc(N(c5ccc(OC)cc5)c5ccc(OC)cc5)cc4)c4cccccc3-4)cc2)c2ccc(OC)cc2)cc1. The average Bonchev–Trinajstić information content (AvgIpc) is 3.45. The summed E-state index contributed by atoms with van der Waals surface area (Å²) < 4.78 is 21.7. The van der Waals surface area contributed by atoms with Gasteiger partial charge >= 0.3 is 0 Å². The Morgan fingerprint density at radius 3 is 0.833 bits per heavy atom. The van der Waals surface area contributed by atoms with Crippen molar-refractivity contribution in [1.29, 1.82) is 0 Å². The lowest BCUT2D eigenvalue weighted by Crippen LogP contribution is -2.09. The lowest BCUT2D eigenvalue weighted by molar-refractivity contribution is 0.414. The first-order chi connectivity index (χ1) is 29.5. The van der Waals surface area contributed by atoms with E-state index < -0.39 is 0 Å². The Balaban J connectivity index is 1.06. The van der Waals surface area contributed by atoms with Gasteiger partial charge in [-0.2, -0.15) is 0 Å². The Bertz CT molecular complexity index is 2490. The van der Waals surface area contributed by atoms with E-state index in [1.807, 2.05) is 115 Å². The number of hydrogen-bond donors (Lipinski definition) is 0. The Kier molecular flexibility index (Phi) is 11.7. The van der Waals surface area contributed by atoms with Crippen LogP contribution in [0.15, 0.2) is 182 Å². The van der Waals surface area contributed by atoms with Gasteiger partial charge in [0.15, 0.2) is 0 Å². The lowest BCUT2D eigenvalue weighted by atomic mass is 10.1. The number of rotatable bonds is 10. The Labute approximate surface area is 352 Å². The molecular formula is C54H42N2O4. The molecule has 6 aromatic rings. The van der Waals surface area contributed by atoms with Gasteiger partial charge in [-0.15, -0.1) is 0 Å². The highest BCUT2D eigenvalue weighted by Gasteiger charge is 2.16. The molecule has 6 nitrogen and oxygen atoms in total. The fourth-order valence-corrected chi connectivity index (χ4v) is 7.01. The van der Waals surface area contributed by atoms with Crippen LogP contribution in [0.3, 0.4) is 0 Å². The summed E-state index contributed by atoms with van der Waals surface area (Å²) >= 11 is 0. The summed E-state index contributed by atoms with van der Waals surface area (Å²) in [6, 6.07) is 61.2. The van der Waals surface area contributed by atoms with Crippen molar-refractivity contribution < 1.29 is 18.9 Å². The van der Waals surface area contributed by atoms with E-state index in [1.165, 1.54) is 0 Å². The Morgan fingerprint density at radius 2 is 0.567 bits per heavy atom. The molecule has 6 heteroatoms. The van der Waals surface area contributed by atoms with Crippen LogP contribution in [-0.4, -0.2) is 28.4 Å². The van der Waals surface area contributed by atoms with E-state index in [2.05, 4.69) is 100 Å². The third-order valence-corrected chi connectivity index (χ3v) is 10.2. The van der Waals surface area contributed by atoms with E-state index in [1.54, 1.807) is 28.4 Å². The molecule has 0 atom stereocenters. The summed E-state index contributed by atoms with van der Waals surface area (Å²) in [5, 5.41) is 0. The zero-order valence-electron chi connectivity index (χ0n) is 33.8. The molecule has 292 valence electrons. The molecule has 0 aromatic heterocycles. The van der Waals surface area contributed by atoms with E-state index in [-0.39, 0.29) is 0 Å². The summed E-state index contributed by atoms with van der Waals surface area (Å²) in [4.78, 5) is 4.38. The minimum Gasteiger partial charge on any atom is -0.497 e. The minimum absolute atomic E-state index is 0.801. The molecular weight excluding hydrogens is 741 g/mol. The molecule has 0 saturated heterocycles. The number of nitrogens with zero attached hydrogens (tertiary/aromatic N) is 2. The summed E-state index contributed by atoms with van der Waals surface area (Å²) in [5.74, 6) is 16.9. The smallest absolute Gasteiger partial charge is 0.119 e. The number of benzene rings is 6. The topological polar surface area (TPSA) is 43.4 Å². The van der Waals surface area contributed by atoms with Gasteiger partial charge in [0.25, 0.3) is 0 Å². The second kappa shape index (κ2) is 18.0. The summed E-state index contributed by atoms with van der Waals surface area (Å²) in [6.07, 6.45) is 0. The largest absolute Gasteiger partial charge is 0.497 e. The monoisotopic (exact) mass is 782 g/mol. The molecule has 0 radical (unpaired) electrons. The van der Waals surface area contributed by atoms with Crippen molar-refractivity contribution in [2.45, 2.75) is 0 Å². The summed E-state index contributed by atoms with van der Waals surface area (Å²) in [6.45, 7) is 0. The number of methoxy groups -OCH3 is 4. The highest BCUT2D eigenvalue weighted by atomic mass is 16.5. The van der Waals surface area contributed by atoms with Crippen LogP contribution in [0.4, 0.5) is 34.1 Å². The van der Waals surface area contributed by atoms with E-state index in [9.17, 15) is 0 Å². The van der Waals surface area contributed by atoms with Gasteiger partial charge in [0.1, 0.15) is 23.0 Å². The number of hydrogen-bond acceptors (Lipinski definition) is 6. The first kappa shape index (κ1) is 38.8. The molecule has 0 saturated carbocycles. The predicted molar refractivity (Wildman–Crippen MR) is 243 cm³/mol. The first-order valence-corrected chi connectivity index (χ1v) is 19.5. The fourth-order valence-electron chi connectivity index (χ4n) is 7.01. The van der Waals surface area contributed by atoms with Gasteiger partial charge < -0.3 is 28.7 Å². The fraction of sp³-hybridized carbons (Fsp3) is 0.0741. The average molecular weight is 783 g/mol. The normalized spacial score (nSPS) is 10.4. The number of fused-ring (bicyclic) bond motifs is 1. The van der Waals surface area contributed by atoms with Crippen molar-refractivity contribution in [2.24, 2.45) is 0 Å². The van der Waals surface area contributed by atoms with Crippen molar-refractivity contribution in [1.82, 2.24) is 0 Å². The van der Waals surface area contributed by atoms with Crippen LogP contribution in [0.25, 0.3) is 11.1 Å². The quantitative estimate of drug-likeness (QED) is 0.129. The van der Waals surface area contributed by atoms with Crippen molar-refractivity contribution >= 4 is 34.1 Å². The summed E-state index contributed by atoms with van der Waals surface area (Å²) in [7, 11) is 6.69. The highest BCUT2D eigenvalue weighted by molar-refractivity contribution is 5.82. The molecule has 0 spiro atoms. The maximum atomic E-state index is 5.42.